The van der Waals surface area contributed by atoms with Gasteiger partial charge in [-0.3, -0.25) is 9.59 Å². The Labute approximate surface area is 341 Å². The number of esters is 5. The molecule has 0 bridgehead atoms. The van der Waals surface area contributed by atoms with Crippen LogP contribution < -0.4 is 4.74 Å². The molecular weight excluding hydrogens is 800 g/mol. The van der Waals surface area contributed by atoms with Crippen molar-refractivity contribution >= 4 is 29.8 Å². The van der Waals surface area contributed by atoms with E-state index in [0.29, 0.717) is 6.42 Å². The summed E-state index contributed by atoms with van der Waals surface area (Å²) >= 11 is 0. The van der Waals surface area contributed by atoms with Gasteiger partial charge in [-0.2, -0.15) is 0 Å². The van der Waals surface area contributed by atoms with Gasteiger partial charge in [0.25, 0.3) is 0 Å². The quantitative estimate of drug-likeness (QED) is 0.102. The van der Waals surface area contributed by atoms with Crippen LogP contribution in [0.3, 0.4) is 0 Å². The average Bonchev–Trinajstić information content (AvgIpc) is 3.23. The molecule has 4 aliphatic rings. The van der Waals surface area contributed by atoms with Crippen LogP contribution in [0, 0.1) is 11.8 Å². The van der Waals surface area contributed by atoms with Crippen molar-refractivity contribution in [3.63, 3.8) is 0 Å². The number of carbonyl (C=O) groups excluding carboxylic acids is 5. The fraction of sp³-hybridized carbons (Fsp3) is 0.475. The summed E-state index contributed by atoms with van der Waals surface area (Å²) in [6.45, 7) is 4.69. The summed E-state index contributed by atoms with van der Waals surface area (Å²) in [5.41, 5.74) is -0.272. The molecule has 4 heterocycles. The smallest absolute Gasteiger partial charge is 0.342 e. The first-order chi connectivity index (χ1) is 28.7. The lowest BCUT2D eigenvalue weighted by Gasteiger charge is -2.46. The molecule has 0 aromatic heterocycles. The third-order valence-electron chi connectivity index (χ3n) is 10.1. The lowest BCUT2D eigenvalue weighted by Crippen LogP contribution is -2.64. The zero-order valence-corrected chi connectivity index (χ0v) is 32.2. The maximum absolute atomic E-state index is 14.0. The highest BCUT2D eigenvalue weighted by Crippen LogP contribution is 2.40. The molecule has 6 rings (SSSR count). The van der Waals surface area contributed by atoms with E-state index in [-0.39, 0.29) is 17.7 Å². The number of phenolic OH excluding ortho intramolecular Hbond substituents is 1. The predicted octanol–water partition coefficient (Wildman–Crippen LogP) is 0.164. The number of cyclic esters (lactones) is 1. The van der Waals surface area contributed by atoms with Crippen LogP contribution in [0.1, 0.15) is 41.0 Å². The normalized spacial score (nSPS) is 32.4. The van der Waals surface area contributed by atoms with Crippen molar-refractivity contribution in [3.8, 4) is 11.5 Å². The fourth-order valence-corrected chi connectivity index (χ4v) is 7.10. The third kappa shape index (κ3) is 9.55. The molecule has 0 aliphatic carbocycles. The van der Waals surface area contributed by atoms with E-state index in [1.807, 2.05) is 0 Å². The number of para-hydroxylation sites is 1. The lowest BCUT2D eigenvalue weighted by molar-refractivity contribution is -0.338. The first kappa shape index (κ1) is 44.0. The maximum atomic E-state index is 14.0. The van der Waals surface area contributed by atoms with E-state index in [1.165, 1.54) is 36.6 Å². The molecule has 5 N–H and O–H groups in total. The van der Waals surface area contributed by atoms with E-state index >= 15 is 0 Å². The summed E-state index contributed by atoms with van der Waals surface area (Å²) in [6, 6.07) is 11.2. The van der Waals surface area contributed by atoms with E-state index in [4.69, 9.17) is 47.4 Å². The minimum Gasteiger partial charge on any atom is -0.504 e. The lowest BCUT2D eigenvalue weighted by atomic mass is 9.81. The molecule has 0 amide bonds. The van der Waals surface area contributed by atoms with Crippen LogP contribution in [0.15, 0.2) is 73.0 Å². The van der Waals surface area contributed by atoms with Crippen molar-refractivity contribution in [3.05, 3.63) is 84.1 Å². The monoisotopic (exact) mass is 844 g/mol. The molecule has 2 aromatic rings. The predicted molar refractivity (Wildman–Crippen MR) is 195 cm³/mol. The van der Waals surface area contributed by atoms with E-state index in [2.05, 4.69) is 6.58 Å². The number of aliphatic hydroxyl groups is 4. The van der Waals surface area contributed by atoms with Gasteiger partial charge in [-0.1, -0.05) is 30.3 Å². The van der Waals surface area contributed by atoms with Gasteiger partial charge in [0.2, 0.25) is 18.9 Å². The Morgan fingerprint density at radius 3 is 2.22 bits per heavy atom. The Morgan fingerprint density at radius 1 is 0.817 bits per heavy atom. The topological polar surface area (TPSA) is 279 Å². The highest BCUT2D eigenvalue weighted by molar-refractivity contribution is 5.93. The molecule has 0 saturated carbocycles. The minimum absolute atomic E-state index is 0.0562. The number of phenols is 1. The van der Waals surface area contributed by atoms with Gasteiger partial charge >= 0.3 is 29.8 Å². The Balaban J connectivity index is 1.34. The van der Waals surface area contributed by atoms with Crippen molar-refractivity contribution in [2.24, 2.45) is 11.8 Å². The van der Waals surface area contributed by atoms with Crippen molar-refractivity contribution in [1.82, 2.24) is 0 Å². The van der Waals surface area contributed by atoms with Crippen molar-refractivity contribution in [1.29, 1.82) is 0 Å². The summed E-state index contributed by atoms with van der Waals surface area (Å²) in [7, 11) is 0. The van der Waals surface area contributed by atoms with E-state index in [1.54, 1.807) is 18.2 Å². The molecule has 20 heteroatoms. The van der Waals surface area contributed by atoms with Gasteiger partial charge in [-0.25, -0.2) is 14.4 Å². The summed E-state index contributed by atoms with van der Waals surface area (Å²) in [6.07, 6.45) is -15.2. The van der Waals surface area contributed by atoms with Crippen molar-refractivity contribution in [2.45, 2.75) is 88.0 Å². The second kappa shape index (κ2) is 19.2. The van der Waals surface area contributed by atoms with Gasteiger partial charge in [0.15, 0.2) is 29.8 Å². The number of aliphatic hydroxyl groups excluding tert-OH is 4. The second-order valence-electron chi connectivity index (χ2n) is 14.1. The maximum Gasteiger partial charge on any atom is 0.342 e. The second-order valence-corrected chi connectivity index (χ2v) is 14.1. The van der Waals surface area contributed by atoms with Crippen LogP contribution in [0.5, 0.6) is 11.5 Å². The SMILES string of the molecule is C=C[C@H]1[C@H](O[C@@H]2O[C@H](COC(C)=O)[C@@H](OC(=O)c3cccc(O[C@@H]4O[C@H](CO)[C@@H](O)[C@H](O)[C@H]4O)c3O)[C@H](OC(C)=O)[C@H]2OC(=O)c2ccccc2)OC=C2C(=O)OCC[C@H]21. The molecule has 60 heavy (non-hydrogen) atoms. The fourth-order valence-electron chi connectivity index (χ4n) is 7.10. The summed E-state index contributed by atoms with van der Waals surface area (Å²) < 4.78 is 57.1. The summed E-state index contributed by atoms with van der Waals surface area (Å²) in [4.78, 5) is 65.0. The van der Waals surface area contributed by atoms with Gasteiger partial charge in [0, 0.05) is 25.7 Å². The van der Waals surface area contributed by atoms with Gasteiger partial charge < -0.3 is 72.9 Å². The van der Waals surface area contributed by atoms with Gasteiger partial charge in [0.05, 0.1) is 30.6 Å². The highest BCUT2D eigenvalue weighted by Gasteiger charge is 2.55. The molecule has 20 nitrogen and oxygen atoms in total. The van der Waals surface area contributed by atoms with Crippen LogP contribution in [0.4, 0.5) is 0 Å². The molecule has 0 radical (unpaired) electrons. The number of rotatable bonds is 13. The van der Waals surface area contributed by atoms with Gasteiger partial charge in [0.1, 0.15) is 42.7 Å². The number of ether oxygens (including phenoxy) is 10. The highest BCUT2D eigenvalue weighted by atomic mass is 16.8. The number of carbonyl (C=O) groups is 5. The Hall–Kier alpha value is -5.61. The first-order valence-electron chi connectivity index (χ1n) is 18.7. The largest absolute Gasteiger partial charge is 0.504 e. The van der Waals surface area contributed by atoms with Crippen LogP contribution in [-0.4, -0.2) is 143 Å². The van der Waals surface area contributed by atoms with Gasteiger partial charge in [-0.05, 0) is 30.7 Å². The van der Waals surface area contributed by atoms with E-state index in [0.717, 1.165) is 19.9 Å². The van der Waals surface area contributed by atoms with Crippen LogP contribution in [-0.2, 0) is 57.0 Å². The Kier molecular flexibility index (Phi) is 14.1. The number of benzene rings is 2. The third-order valence-corrected chi connectivity index (χ3v) is 10.1. The molecule has 0 spiro atoms. The molecule has 4 aliphatic heterocycles. The van der Waals surface area contributed by atoms with Gasteiger partial charge in [-0.15, -0.1) is 6.58 Å². The van der Waals surface area contributed by atoms with Crippen LogP contribution in [0.2, 0.25) is 0 Å². The molecule has 2 aromatic carbocycles. The summed E-state index contributed by atoms with van der Waals surface area (Å²) in [5, 5.41) is 51.6. The molecule has 324 valence electrons. The number of fused-ring (bicyclic) bond motifs is 1. The van der Waals surface area contributed by atoms with E-state index < -0.39 is 140 Å². The van der Waals surface area contributed by atoms with Crippen molar-refractivity contribution < 1.29 is 96.9 Å². The zero-order valence-electron chi connectivity index (χ0n) is 32.2. The standard InChI is InChI=1S/C40H44O20/c1-4-21-22-13-14-51-36(49)24(22)16-53-38(21)60-40-34(59-35(48)20-9-6-5-7-10-20)33(54-19(3)43)32(27(57-40)17-52-18(2)42)58-37(50)23-11-8-12-25(28(23)44)55-39-31(47)30(46)29(45)26(15-41)56-39/h4-12,16,21-22,26-27,29-34,38-41,44-47H,1,13-15,17H2,2-3H3/t21-,22+,26-,27-,29-,30+,31-,32-,33+,34-,38+,39-,40+/m1/s1. The zero-order chi connectivity index (χ0) is 43.2. The Morgan fingerprint density at radius 2 is 1.53 bits per heavy atom. The van der Waals surface area contributed by atoms with Crippen LogP contribution in [0.25, 0.3) is 0 Å². The molecule has 3 fully saturated rings. The molecule has 3 saturated heterocycles. The number of aromatic hydroxyl groups is 1. The van der Waals surface area contributed by atoms with Crippen LogP contribution >= 0.6 is 0 Å². The number of hydrogen-bond acceptors (Lipinski definition) is 20. The molecule has 13 atom stereocenters. The first-order valence-corrected chi connectivity index (χ1v) is 18.7. The summed E-state index contributed by atoms with van der Waals surface area (Å²) in [5.74, 6) is -7.07. The number of hydrogen-bond donors (Lipinski definition) is 5. The van der Waals surface area contributed by atoms with Crippen molar-refractivity contribution in [2.75, 3.05) is 19.8 Å². The molecular formula is C40H44O20. The average molecular weight is 845 g/mol. The molecule has 0 unspecified atom stereocenters. The minimum atomic E-state index is -1.87. The van der Waals surface area contributed by atoms with E-state index in [9.17, 15) is 49.5 Å². The Bertz CT molecular complexity index is 1930.